The SMILES string of the molecule is O=C(c1cccnc1Cl)N(CC1CCOC1)C1CC1. The zero-order valence-electron chi connectivity index (χ0n) is 10.7. The molecule has 1 aliphatic carbocycles. The molecule has 4 nitrogen and oxygen atoms in total. The summed E-state index contributed by atoms with van der Waals surface area (Å²) in [5, 5.41) is 0.292. The summed E-state index contributed by atoms with van der Waals surface area (Å²) in [6.07, 6.45) is 4.83. The third kappa shape index (κ3) is 2.90. The van der Waals surface area contributed by atoms with E-state index in [1.807, 2.05) is 4.90 Å². The van der Waals surface area contributed by atoms with Gasteiger partial charge in [-0.05, 0) is 31.4 Å². The Labute approximate surface area is 117 Å². The van der Waals surface area contributed by atoms with Crippen LogP contribution < -0.4 is 0 Å². The summed E-state index contributed by atoms with van der Waals surface area (Å²) in [6, 6.07) is 3.88. The molecule has 1 atom stereocenters. The van der Waals surface area contributed by atoms with Crippen molar-refractivity contribution in [3.05, 3.63) is 29.0 Å². The lowest BCUT2D eigenvalue weighted by atomic mass is 10.1. The first kappa shape index (κ1) is 12.9. The molecule has 2 heterocycles. The molecular weight excluding hydrogens is 264 g/mol. The molecule has 19 heavy (non-hydrogen) atoms. The maximum Gasteiger partial charge on any atom is 0.257 e. The molecule has 1 aromatic heterocycles. The van der Waals surface area contributed by atoms with Crippen LogP contribution in [0.25, 0.3) is 0 Å². The van der Waals surface area contributed by atoms with E-state index in [0.717, 1.165) is 39.0 Å². The lowest BCUT2D eigenvalue weighted by molar-refractivity contribution is 0.0706. The van der Waals surface area contributed by atoms with Gasteiger partial charge in [0.2, 0.25) is 0 Å². The van der Waals surface area contributed by atoms with Crippen LogP contribution in [0.5, 0.6) is 0 Å². The van der Waals surface area contributed by atoms with Crippen LogP contribution in [0.15, 0.2) is 18.3 Å². The molecule has 1 unspecified atom stereocenters. The fourth-order valence-corrected chi connectivity index (χ4v) is 2.69. The van der Waals surface area contributed by atoms with Gasteiger partial charge in [0.15, 0.2) is 0 Å². The Morgan fingerprint density at radius 1 is 1.47 bits per heavy atom. The molecule has 2 fully saturated rings. The van der Waals surface area contributed by atoms with Crippen molar-refractivity contribution in [3.63, 3.8) is 0 Å². The Balaban J connectivity index is 1.76. The number of amides is 1. The summed E-state index contributed by atoms with van der Waals surface area (Å²) >= 11 is 6.02. The van der Waals surface area contributed by atoms with E-state index >= 15 is 0 Å². The van der Waals surface area contributed by atoms with Gasteiger partial charge in [0.25, 0.3) is 5.91 Å². The standard InChI is InChI=1S/C14H17ClN2O2/c15-13-12(2-1-6-16-13)14(18)17(11-3-4-11)8-10-5-7-19-9-10/h1-2,6,10-11H,3-5,7-9H2. The molecule has 102 valence electrons. The van der Waals surface area contributed by atoms with Gasteiger partial charge in [0.05, 0.1) is 12.2 Å². The number of aromatic nitrogens is 1. The predicted molar refractivity (Wildman–Crippen MR) is 72.2 cm³/mol. The molecule has 1 aromatic rings. The van der Waals surface area contributed by atoms with E-state index in [1.54, 1.807) is 18.3 Å². The summed E-state index contributed by atoms with van der Waals surface area (Å²) < 4.78 is 5.39. The van der Waals surface area contributed by atoms with Crippen molar-refractivity contribution in [3.8, 4) is 0 Å². The van der Waals surface area contributed by atoms with Crippen LogP contribution in [-0.4, -0.2) is 41.6 Å². The maximum absolute atomic E-state index is 12.6. The molecular formula is C14H17ClN2O2. The highest BCUT2D eigenvalue weighted by Crippen LogP contribution is 2.31. The van der Waals surface area contributed by atoms with Crippen molar-refractivity contribution < 1.29 is 9.53 Å². The molecule has 1 amide bonds. The summed E-state index contributed by atoms with van der Waals surface area (Å²) in [5.74, 6) is 0.465. The Bertz CT molecular complexity index is 470. The third-order valence-electron chi connectivity index (χ3n) is 3.72. The van der Waals surface area contributed by atoms with Gasteiger partial charge in [-0.25, -0.2) is 4.98 Å². The minimum atomic E-state index is 0.00694. The molecule has 3 rings (SSSR count). The Morgan fingerprint density at radius 3 is 2.95 bits per heavy atom. The predicted octanol–water partition coefficient (Wildman–Crippen LogP) is 2.38. The van der Waals surface area contributed by atoms with Crippen LogP contribution in [-0.2, 0) is 4.74 Å². The molecule has 0 N–H and O–H groups in total. The minimum Gasteiger partial charge on any atom is -0.381 e. The summed E-state index contributed by atoms with van der Waals surface area (Å²) in [6.45, 7) is 2.34. The van der Waals surface area contributed by atoms with Gasteiger partial charge in [-0.1, -0.05) is 11.6 Å². The van der Waals surface area contributed by atoms with Crippen LogP contribution in [0.2, 0.25) is 5.15 Å². The van der Waals surface area contributed by atoms with Crippen molar-refractivity contribution in [2.75, 3.05) is 19.8 Å². The van der Waals surface area contributed by atoms with E-state index in [4.69, 9.17) is 16.3 Å². The number of ether oxygens (including phenoxy) is 1. The maximum atomic E-state index is 12.6. The van der Waals surface area contributed by atoms with E-state index in [9.17, 15) is 4.79 Å². The average molecular weight is 281 g/mol. The number of nitrogens with zero attached hydrogens (tertiary/aromatic N) is 2. The fourth-order valence-electron chi connectivity index (χ4n) is 2.49. The lowest BCUT2D eigenvalue weighted by Gasteiger charge is -2.25. The zero-order valence-corrected chi connectivity index (χ0v) is 11.5. The topological polar surface area (TPSA) is 42.4 Å². The van der Waals surface area contributed by atoms with Crippen LogP contribution in [0.4, 0.5) is 0 Å². The Morgan fingerprint density at radius 2 is 2.32 bits per heavy atom. The molecule has 2 aliphatic rings. The first-order valence-electron chi connectivity index (χ1n) is 6.75. The Hall–Kier alpha value is -1.13. The van der Waals surface area contributed by atoms with E-state index in [-0.39, 0.29) is 5.91 Å². The van der Waals surface area contributed by atoms with E-state index in [0.29, 0.717) is 22.7 Å². The number of rotatable bonds is 4. The van der Waals surface area contributed by atoms with Gasteiger partial charge in [0.1, 0.15) is 5.15 Å². The van der Waals surface area contributed by atoms with Crippen LogP contribution in [0, 0.1) is 5.92 Å². The highest BCUT2D eigenvalue weighted by molar-refractivity contribution is 6.32. The highest BCUT2D eigenvalue weighted by Gasteiger charge is 2.35. The molecule has 1 aliphatic heterocycles. The minimum absolute atomic E-state index is 0.00694. The first-order valence-corrected chi connectivity index (χ1v) is 7.12. The average Bonchev–Trinajstić information content (AvgIpc) is 3.13. The number of pyridine rings is 1. The van der Waals surface area contributed by atoms with Crippen LogP contribution in [0.3, 0.4) is 0 Å². The van der Waals surface area contributed by atoms with E-state index in [1.165, 1.54) is 0 Å². The monoisotopic (exact) mass is 280 g/mol. The zero-order chi connectivity index (χ0) is 13.2. The normalized spacial score (nSPS) is 22.5. The number of hydrogen-bond acceptors (Lipinski definition) is 3. The number of halogens is 1. The van der Waals surface area contributed by atoms with Crippen molar-refractivity contribution in [2.45, 2.75) is 25.3 Å². The molecule has 1 saturated heterocycles. The second-order valence-corrected chi connectivity index (χ2v) is 5.62. The Kier molecular flexibility index (Phi) is 3.71. The molecule has 5 heteroatoms. The van der Waals surface area contributed by atoms with Gasteiger partial charge in [-0.3, -0.25) is 4.79 Å². The first-order chi connectivity index (χ1) is 9.25. The molecule has 1 saturated carbocycles. The van der Waals surface area contributed by atoms with Gasteiger partial charge in [-0.2, -0.15) is 0 Å². The van der Waals surface area contributed by atoms with Gasteiger partial charge in [-0.15, -0.1) is 0 Å². The van der Waals surface area contributed by atoms with Crippen molar-refractivity contribution in [1.29, 1.82) is 0 Å². The van der Waals surface area contributed by atoms with Crippen molar-refractivity contribution in [2.24, 2.45) is 5.92 Å². The van der Waals surface area contributed by atoms with E-state index in [2.05, 4.69) is 4.98 Å². The summed E-state index contributed by atoms with van der Waals surface area (Å²) in [5.41, 5.74) is 0.509. The molecule has 0 aromatic carbocycles. The lowest BCUT2D eigenvalue weighted by Crippen LogP contribution is -2.37. The smallest absolute Gasteiger partial charge is 0.257 e. The van der Waals surface area contributed by atoms with Crippen LogP contribution >= 0.6 is 11.6 Å². The van der Waals surface area contributed by atoms with Gasteiger partial charge >= 0.3 is 0 Å². The quantitative estimate of drug-likeness (QED) is 0.795. The number of carbonyl (C=O) groups is 1. The largest absolute Gasteiger partial charge is 0.381 e. The summed E-state index contributed by atoms with van der Waals surface area (Å²) in [7, 11) is 0. The van der Waals surface area contributed by atoms with E-state index < -0.39 is 0 Å². The number of hydrogen-bond donors (Lipinski definition) is 0. The van der Waals surface area contributed by atoms with Gasteiger partial charge in [0, 0.05) is 31.3 Å². The molecule has 0 bridgehead atoms. The molecule has 0 spiro atoms. The van der Waals surface area contributed by atoms with Crippen molar-refractivity contribution in [1.82, 2.24) is 9.88 Å². The third-order valence-corrected chi connectivity index (χ3v) is 4.02. The van der Waals surface area contributed by atoms with Crippen LogP contribution in [0.1, 0.15) is 29.6 Å². The van der Waals surface area contributed by atoms with Crippen molar-refractivity contribution >= 4 is 17.5 Å². The molecule has 0 radical (unpaired) electrons. The number of carbonyl (C=O) groups excluding carboxylic acids is 1. The second kappa shape index (κ2) is 5.47. The fraction of sp³-hybridized carbons (Fsp3) is 0.571. The second-order valence-electron chi connectivity index (χ2n) is 5.26. The summed E-state index contributed by atoms with van der Waals surface area (Å²) in [4.78, 5) is 18.5. The van der Waals surface area contributed by atoms with Gasteiger partial charge < -0.3 is 9.64 Å². The highest BCUT2D eigenvalue weighted by atomic mass is 35.5.